The molecule has 2 N–H and O–H groups in total. The number of hydrogen-bond donors (Lipinski definition) is 2. The van der Waals surface area contributed by atoms with E-state index in [2.05, 4.69) is 0 Å². The Morgan fingerprint density at radius 1 is 0.750 bits per heavy atom. The zero-order valence-electron chi connectivity index (χ0n) is 6.98. The van der Waals surface area contributed by atoms with E-state index >= 15 is 0 Å². The number of carboxylic acid groups (broad SMARTS) is 2. The predicted molar refractivity (Wildman–Crippen MR) is 34.4 cm³/mol. The summed E-state index contributed by atoms with van der Waals surface area (Å²) in [5.41, 5.74) is -6.32. The molecule has 4 nitrogen and oxygen atoms in total. The molecule has 0 radical (unpaired) electrons. The maximum absolute atomic E-state index is 11.9. The van der Waals surface area contributed by atoms with Crippen LogP contribution < -0.4 is 0 Å². The normalized spacial score (nSPS) is 12.1. The van der Waals surface area contributed by atoms with Crippen molar-refractivity contribution in [3.63, 3.8) is 0 Å². The van der Waals surface area contributed by atoms with Crippen molar-refractivity contribution in [1.82, 2.24) is 0 Å². The smallest absolute Gasteiger partial charge is 0.422 e. The maximum Gasteiger partial charge on any atom is 0.422 e. The predicted octanol–water partition coefficient (Wildman–Crippen LogP) is 1.58. The number of carbonyl (C=O) groups is 2. The SMILES string of the molecule is O=C(O)C(C(=O)O)=C(C(F)(F)F)C(F)(F)F. The topological polar surface area (TPSA) is 74.6 Å². The number of hydrogen-bond acceptors (Lipinski definition) is 2. The third-order valence-electron chi connectivity index (χ3n) is 1.24. The van der Waals surface area contributed by atoms with Crippen LogP contribution in [0.2, 0.25) is 0 Å². The summed E-state index contributed by atoms with van der Waals surface area (Å²) in [4.78, 5) is 20.1. The van der Waals surface area contributed by atoms with E-state index in [0.717, 1.165) is 0 Å². The summed E-state index contributed by atoms with van der Waals surface area (Å²) in [6.07, 6.45) is -12.2. The van der Waals surface area contributed by atoms with Gasteiger partial charge in [0.05, 0.1) is 0 Å². The first-order valence-electron chi connectivity index (χ1n) is 3.24. The van der Waals surface area contributed by atoms with Gasteiger partial charge in [0.25, 0.3) is 0 Å². The molecule has 0 aliphatic carbocycles. The lowest BCUT2D eigenvalue weighted by Crippen LogP contribution is -2.32. The molecule has 0 fully saturated rings. The van der Waals surface area contributed by atoms with Crippen LogP contribution >= 0.6 is 0 Å². The van der Waals surface area contributed by atoms with Crippen molar-refractivity contribution in [3.8, 4) is 0 Å². The van der Waals surface area contributed by atoms with Crippen molar-refractivity contribution in [2.75, 3.05) is 0 Å². The van der Waals surface area contributed by atoms with Crippen molar-refractivity contribution in [1.29, 1.82) is 0 Å². The molecule has 0 unspecified atom stereocenters. The molecular formula is C6H2F6O4. The molecule has 0 saturated heterocycles. The van der Waals surface area contributed by atoms with Gasteiger partial charge in [0.1, 0.15) is 0 Å². The van der Waals surface area contributed by atoms with Gasteiger partial charge in [-0.25, -0.2) is 9.59 Å². The van der Waals surface area contributed by atoms with E-state index in [1.165, 1.54) is 0 Å². The minimum Gasteiger partial charge on any atom is -0.477 e. The fraction of sp³-hybridized carbons (Fsp3) is 0.333. The zero-order chi connectivity index (χ0) is 13.3. The van der Waals surface area contributed by atoms with Gasteiger partial charge in [-0.15, -0.1) is 0 Å². The Balaban J connectivity index is 6.10. The van der Waals surface area contributed by atoms with E-state index in [0.29, 0.717) is 0 Å². The van der Waals surface area contributed by atoms with Crippen LogP contribution in [-0.4, -0.2) is 34.5 Å². The molecule has 0 atom stereocenters. The fourth-order valence-electron chi connectivity index (χ4n) is 0.750. The number of allylic oxidation sites excluding steroid dienone is 1. The summed E-state index contributed by atoms with van der Waals surface area (Å²) in [5, 5.41) is 16.0. The second kappa shape index (κ2) is 4.02. The largest absolute Gasteiger partial charge is 0.477 e. The monoisotopic (exact) mass is 252 g/mol. The molecule has 0 aromatic carbocycles. The van der Waals surface area contributed by atoms with Crippen LogP contribution in [0.4, 0.5) is 26.3 Å². The highest BCUT2D eigenvalue weighted by atomic mass is 19.4. The van der Waals surface area contributed by atoms with Crippen molar-refractivity contribution in [2.45, 2.75) is 12.4 Å². The van der Waals surface area contributed by atoms with Crippen LogP contribution in [0.25, 0.3) is 0 Å². The second-order valence-corrected chi connectivity index (χ2v) is 2.36. The minimum atomic E-state index is -6.12. The van der Waals surface area contributed by atoms with E-state index in [4.69, 9.17) is 10.2 Å². The molecular weight excluding hydrogens is 250 g/mol. The highest BCUT2D eigenvalue weighted by molar-refractivity contribution is 6.13. The van der Waals surface area contributed by atoms with Crippen LogP contribution in [0.15, 0.2) is 11.1 Å². The number of aliphatic carboxylic acids is 2. The third kappa shape index (κ3) is 3.14. The number of carboxylic acids is 2. The van der Waals surface area contributed by atoms with Gasteiger partial charge in [-0.1, -0.05) is 0 Å². The Morgan fingerprint density at radius 3 is 1.06 bits per heavy atom. The van der Waals surface area contributed by atoms with Gasteiger partial charge in [0, 0.05) is 0 Å². The first-order valence-corrected chi connectivity index (χ1v) is 3.24. The van der Waals surface area contributed by atoms with Crippen molar-refractivity contribution in [2.24, 2.45) is 0 Å². The first kappa shape index (κ1) is 14.3. The number of alkyl halides is 6. The summed E-state index contributed by atoms with van der Waals surface area (Å²) >= 11 is 0. The van der Waals surface area contributed by atoms with Crippen molar-refractivity contribution >= 4 is 11.9 Å². The van der Waals surface area contributed by atoms with Crippen molar-refractivity contribution < 1.29 is 46.1 Å². The lowest BCUT2D eigenvalue weighted by molar-refractivity contribution is -0.177. The molecule has 0 aromatic rings. The van der Waals surface area contributed by atoms with Crippen LogP contribution in [0.5, 0.6) is 0 Å². The quantitative estimate of drug-likeness (QED) is 0.338. The molecule has 0 rings (SSSR count). The first-order chi connectivity index (χ1) is 6.89. The molecule has 0 spiro atoms. The van der Waals surface area contributed by atoms with Gasteiger partial charge in [-0.2, -0.15) is 26.3 Å². The van der Waals surface area contributed by atoms with E-state index < -0.39 is 35.4 Å². The van der Waals surface area contributed by atoms with Gasteiger partial charge < -0.3 is 10.2 Å². The second-order valence-electron chi connectivity index (χ2n) is 2.36. The number of halogens is 6. The third-order valence-corrected chi connectivity index (χ3v) is 1.24. The van der Waals surface area contributed by atoms with E-state index in [1.54, 1.807) is 0 Å². The Kier molecular flexibility index (Phi) is 3.58. The van der Waals surface area contributed by atoms with Crippen LogP contribution in [0.1, 0.15) is 0 Å². The van der Waals surface area contributed by atoms with Crippen molar-refractivity contribution in [3.05, 3.63) is 11.1 Å². The molecule has 10 heteroatoms. The molecule has 0 heterocycles. The standard InChI is InChI=1S/C6H2F6O4/c7-5(8,9)2(6(10,11)12)1(3(13)14)4(15)16/h(H,13,14)(H,15,16). The van der Waals surface area contributed by atoms with E-state index in [1.807, 2.05) is 0 Å². The average Bonchev–Trinajstić information content (AvgIpc) is 1.93. The zero-order valence-corrected chi connectivity index (χ0v) is 6.98. The Morgan fingerprint density at radius 2 is 1.00 bits per heavy atom. The Hall–Kier alpha value is -1.74. The Bertz CT molecular complexity index is 317. The van der Waals surface area contributed by atoms with Gasteiger partial charge >= 0.3 is 24.3 Å². The van der Waals surface area contributed by atoms with Gasteiger partial charge in [-0.3, -0.25) is 0 Å². The number of rotatable bonds is 2. The molecule has 0 aliphatic rings. The molecule has 92 valence electrons. The molecule has 0 aliphatic heterocycles. The van der Waals surface area contributed by atoms with E-state index in [-0.39, 0.29) is 0 Å². The molecule has 0 aromatic heterocycles. The summed E-state index contributed by atoms with van der Waals surface area (Å²) in [6, 6.07) is 0. The highest BCUT2D eigenvalue weighted by Gasteiger charge is 2.55. The van der Waals surface area contributed by atoms with E-state index in [9.17, 15) is 35.9 Å². The van der Waals surface area contributed by atoms with Gasteiger partial charge in [-0.05, 0) is 0 Å². The summed E-state index contributed by atoms with van der Waals surface area (Å²) in [7, 11) is 0. The maximum atomic E-state index is 11.9. The highest BCUT2D eigenvalue weighted by Crippen LogP contribution is 2.40. The summed E-state index contributed by atoms with van der Waals surface area (Å²) < 4.78 is 71.3. The lowest BCUT2D eigenvalue weighted by Gasteiger charge is -2.16. The molecule has 0 bridgehead atoms. The molecule has 0 amide bonds. The van der Waals surface area contributed by atoms with Crippen LogP contribution in [0, 0.1) is 0 Å². The van der Waals surface area contributed by atoms with Crippen LogP contribution in [0.3, 0.4) is 0 Å². The van der Waals surface area contributed by atoms with Gasteiger partial charge in [0.15, 0.2) is 11.1 Å². The van der Waals surface area contributed by atoms with Gasteiger partial charge in [0.2, 0.25) is 0 Å². The molecule has 16 heavy (non-hydrogen) atoms. The van der Waals surface area contributed by atoms with Crippen LogP contribution in [-0.2, 0) is 9.59 Å². The summed E-state index contributed by atoms with van der Waals surface area (Å²) in [5.74, 6) is -5.64. The average molecular weight is 252 g/mol. The fourth-order valence-corrected chi connectivity index (χ4v) is 0.750. The minimum absolute atomic E-state index is 2.76. The lowest BCUT2D eigenvalue weighted by atomic mass is 10.1. The summed E-state index contributed by atoms with van der Waals surface area (Å²) in [6.45, 7) is 0. The Labute approximate surface area is 82.8 Å². The molecule has 0 saturated carbocycles.